The molecule has 0 bridgehead atoms. The molecule has 29 heavy (non-hydrogen) atoms. The number of alkyl halides is 3. The van der Waals surface area contributed by atoms with Crippen LogP contribution in [0.1, 0.15) is 28.8 Å². The quantitative estimate of drug-likeness (QED) is 0.731. The van der Waals surface area contributed by atoms with Gasteiger partial charge in [-0.1, -0.05) is 0 Å². The van der Waals surface area contributed by atoms with Gasteiger partial charge in [-0.25, -0.2) is 8.78 Å². The number of carbonyl (C=O) groups excluding carboxylic acids is 2. The highest BCUT2D eigenvalue weighted by Crippen LogP contribution is 2.37. The topological polar surface area (TPSA) is 67.4 Å². The summed E-state index contributed by atoms with van der Waals surface area (Å²) in [6.07, 6.45) is -4.45. The summed E-state index contributed by atoms with van der Waals surface area (Å²) in [4.78, 5) is 24.2. The molecular weight excluding hydrogens is 399 g/mol. The summed E-state index contributed by atoms with van der Waals surface area (Å²) in [5, 5.41) is 4.32. The molecule has 5 nitrogen and oxygen atoms in total. The molecule has 0 radical (unpaired) electrons. The second-order valence-corrected chi connectivity index (χ2v) is 6.33. The van der Waals surface area contributed by atoms with Crippen LogP contribution in [-0.4, -0.2) is 24.5 Å². The number of amides is 2. The number of benzene rings is 2. The average molecular weight is 414 g/mol. The van der Waals surface area contributed by atoms with E-state index in [1.54, 1.807) is 0 Å². The summed E-state index contributed by atoms with van der Waals surface area (Å²) < 4.78 is 72.2. The van der Waals surface area contributed by atoms with E-state index in [9.17, 15) is 31.5 Å². The number of nitrogens with one attached hydrogen (secondary N) is 2. The van der Waals surface area contributed by atoms with E-state index in [1.807, 2.05) is 5.32 Å². The number of hydrogen-bond donors (Lipinski definition) is 2. The van der Waals surface area contributed by atoms with Crippen LogP contribution < -0.4 is 10.6 Å². The zero-order valence-electron chi connectivity index (χ0n) is 14.8. The van der Waals surface area contributed by atoms with E-state index in [0.29, 0.717) is 31.6 Å². The molecule has 1 heterocycles. The molecule has 10 heteroatoms. The summed E-state index contributed by atoms with van der Waals surface area (Å²) in [6, 6.07) is 4.84. The van der Waals surface area contributed by atoms with Gasteiger partial charge in [-0.15, -0.1) is 0 Å². The Morgan fingerprint density at radius 1 is 1.03 bits per heavy atom. The molecule has 0 saturated carbocycles. The zero-order chi connectivity index (χ0) is 21.2. The van der Waals surface area contributed by atoms with Gasteiger partial charge in [-0.05, 0) is 43.2 Å². The first-order valence-corrected chi connectivity index (χ1v) is 8.55. The van der Waals surface area contributed by atoms with Crippen molar-refractivity contribution >= 4 is 23.2 Å². The molecule has 0 aromatic heterocycles. The maximum absolute atomic E-state index is 13.7. The first-order chi connectivity index (χ1) is 13.6. The van der Waals surface area contributed by atoms with Crippen LogP contribution in [0.4, 0.5) is 33.3 Å². The number of hydrogen-bond acceptors (Lipinski definition) is 3. The normalized spacial score (nSPS) is 16.5. The molecule has 1 fully saturated rings. The van der Waals surface area contributed by atoms with Gasteiger partial charge in [0.1, 0.15) is 17.7 Å². The molecule has 1 unspecified atom stereocenters. The Kier molecular flexibility index (Phi) is 5.83. The fraction of sp³-hybridized carbons (Fsp3) is 0.263. The third-order valence-corrected chi connectivity index (χ3v) is 4.24. The van der Waals surface area contributed by atoms with Gasteiger partial charge in [0.15, 0.2) is 0 Å². The van der Waals surface area contributed by atoms with Crippen LogP contribution in [-0.2, 0) is 15.7 Å². The van der Waals surface area contributed by atoms with Crippen molar-refractivity contribution in [2.45, 2.75) is 25.1 Å². The molecule has 0 spiro atoms. The minimum Gasteiger partial charge on any atom is -0.368 e. The lowest BCUT2D eigenvalue weighted by molar-refractivity contribution is -0.137. The van der Waals surface area contributed by atoms with Crippen LogP contribution in [0.2, 0.25) is 0 Å². The molecule has 154 valence electrons. The second kappa shape index (κ2) is 8.16. The highest BCUT2D eigenvalue weighted by molar-refractivity contribution is 6.05. The molecule has 2 amide bonds. The molecule has 1 saturated heterocycles. The summed E-state index contributed by atoms with van der Waals surface area (Å²) >= 11 is 0. The monoisotopic (exact) mass is 414 g/mol. The molecule has 1 atom stereocenters. The molecule has 1 aliphatic rings. The Bertz CT molecular complexity index is 940. The van der Waals surface area contributed by atoms with E-state index in [4.69, 9.17) is 4.74 Å². The predicted molar refractivity (Wildman–Crippen MR) is 93.4 cm³/mol. The first kappa shape index (κ1) is 20.7. The maximum atomic E-state index is 13.7. The summed E-state index contributed by atoms with van der Waals surface area (Å²) in [5.41, 5.74) is -2.63. The van der Waals surface area contributed by atoms with Gasteiger partial charge < -0.3 is 15.4 Å². The fourth-order valence-electron chi connectivity index (χ4n) is 2.84. The third kappa shape index (κ3) is 4.89. The van der Waals surface area contributed by atoms with E-state index in [1.165, 1.54) is 6.07 Å². The smallest absolute Gasteiger partial charge is 0.368 e. The minimum absolute atomic E-state index is 0.135. The van der Waals surface area contributed by atoms with Crippen molar-refractivity contribution in [3.05, 3.63) is 59.2 Å². The van der Waals surface area contributed by atoms with Crippen LogP contribution in [0.25, 0.3) is 0 Å². The van der Waals surface area contributed by atoms with Gasteiger partial charge in [0.25, 0.3) is 11.8 Å². The Hall–Kier alpha value is -3.01. The Balaban J connectivity index is 1.84. The van der Waals surface area contributed by atoms with Crippen molar-refractivity contribution in [2.24, 2.45) is 0 Å². The molecular formula is C19H15F5N2O3. The van der Waals surface area contributed by atoms with Crippen molar-refractivity contribution in [3.8, 4) is 0 Å². The largest absolute Gasteiger partial charge is 0.418 e. The van der Waals surface area contributed by atoms with E-state index in [-0.39, 0.29) is 5.69 Å². The zero-order valence-corrected chi connectivity index (χ0v) is 14.8. The fourth-order valence-corrected chi connectivity index (χ4v) is 2.84. The van der Waals surface area contributed by atoms with Crippen molar-refractivity contribution < 1.29 is 36.3 Å². The van der Waals surface area contributed by atoms with E-state index in [2.05, 4.69) is 5.32 Å². The second-order valence-electron chi connectivity index (χ2n) is 6.33. The molecule has 1 aliphatic heterocycles. The van der Waals surface area contributed by atoms with Gasteiger partial charge in [0.2, 0.25) is 0 Å². The van der Waals surface area contributed by atoms with Gasteiger partial charge in [0, 0.05) is 18.4 Å². The lowest BCUT2D eigenvalue weighted by Gasteiger charge is -2.17. The lowest BCUT2D eigenvalue weighted by atomic mass is 10.1. The van der Waals surface area contributed by atoms with Crippen LogP contribution in [0, 0.1) is 11.6 Å². The highest BCUT2D eigenvalue weighted by Gasteiger charge is 2.35. The van der Waals surface area contributed by atoms with Crippen LogP contribution >= 0.6 is 0 Å². The number of halogens is 5. The Morgan fingerprint density at radius 3 is 2.41 bits per heavy atom. The van der Waals surface area contributed by atoms with Gasteiger partial charge in [-0.2, -0.15) is 13.2 Å². The van der Waals surface area contributed by atoms with Crippen molar-refractivity contribution in [1.29, 1.82) is 0 Å². The van der Waals surface area contributed by atoms with Gasteiger partial charge in [-0.3, -0.25) is 9.59 Å². The van der Waals surface area contributed by atoms with Crippen molar-refractivity contribution in [3.63, 3.8) is 0 Å². The molecule has 3 rings (SSSR count). The number of carbonyl (C=O) groups is 2. The first-order valence-electron chi connectivity index (χ1n) is 8.55. The predicted octanol–water partition coefficient (Wildman–Crippen LogP) is 4.35. The van der Waals surface area contributed by atoms with Gasteiger partial charge >= 0.3 is 6.18 Å². The molecule has 0 aliphatic carbocycles. The van der Waals surface area contributed by atoms with Crippen molar-refractivity contribution in [2.75, 3.05) is 17.2 Å². The SMILES string of the molecule is O=C(Nc1ccc(NC(=O)C2CCCO2)cc1C(F)(F)F)c1ccc(F)cc1F. The van der Waals surface area contributed by atoms with Crippen LogP contribution in [0.5, 0.6) is 0 Å². The summed E-state index contributed by atoms with van der Waals surface area (Å²) in [6.45, 7) is 0.400. The van der Waals surface area contributed by atoms with E-state index >= 15 is 0 Å². The van der Waals surface area contributed by atoms with Crippen LogP contribution in [0.3, 0.4) is 0 Å². The van der Waals surface area contributed by atoms with Crippen molar-refractivity contribution in [1.82, 2.24) is 0 Å². The van der Waals surface area contributed by atoms with E-state index in [0.717, 1.165) is 18.2 Å². The van der Waals surface area contributed by atoms with Crippen LogP contribution in [0.15, 0.2) is 36.4 Å². The van der Waals surface area contributed by atoms with Gasteiger partial charge in [0.05, 0.1) is 16.8 Å². The Morgan fingerprint density at radius 2 is 1.79 bits per heavy atom. The lowest BCUT2D eigenvalue weighted by Crippen LogP contribution is -2.27. The third-order valence-electron chi connectivity index (χ3n) is 4.24. The molecule has 2 aromatic rings. The summed E-state index contributed by atoms with van der Waals surface area (Å²) in [7, 11) is 0. The number of anilines is 2. The summed E-state index contributed by atoms with van der Waals surface area (Å²) in [5.74, 6) is -3.89. The molecule has 2 aromatic carbocycles. The molecule has 2 N–H and O–H groups in total. The number of ether oxygens (including phenoxy) is 1. The number of rotatable bonds is 4. The van der Waals surface area contributed by atoms with E-state index < -0.39 is 52.5 Å². The highest BCUT2D eigenvalue weighted by atomic mass is 19.4. The standard InChI is InChI=1S/C19H15F5N2O3/c20-10-3-5-12(14(21)8-10)17(27)26-15-6-4-11(9-13(15)19(22,23)24)25-18(28)16-2-1-7-29-16/h3-6,8-9,16H,1-2,7H2,(H,25,28)(H,26,27). The average Bonchev–Trinajstić information content (AvgIpc) is 3.16. The minimum atomic E-state index is -4.87. The maximum Gasteiger partial charge on any atom is 0.418 e. The Labute approximate surface area is 161 Å².